The van der Waals surface area contributed by atoms with Gasteiger partial charge < -0.3 is 25.6 Å². The van der Waals surface area contributed by atoms with Crippen LogP contribution in [0.3, 0.4) is 0 Å². The third kappa shape index (κ3) is 7.81. The number of hydrogen-bond acceptors (Lipinski definition) is 8. The first-order valence-corrected chi connectivity index (χ1v) is 16.0. The number of aryl methyl sites for hydroxylation is 2. The molecule has 0 spiro atoms. The number of thiophene rings is 1. The number of likely N-dealkylation sites (tertiary alicyclic amines) is 1. The number of nitrogens with two attached hydrogens (primary N) is 1. The fourth-order valence-electron chi connectivity index (χ4n) is 5.76. The van der Waals surface area contributed by atoms with E-state index in [4.69, 9.17) is 10.5 Å². The molecular weight excluding hydrogens is 572 g/mol. The number of nitrogens with one attached hydrogen (secondary N) is 1. The van der Waals surface area contributed by atoms with Gasteiger partial charge in [-0.3, -0.25) is 9.59 Å². The van der Waals surface area contributed by atoms with Crippen LogP contribution in [0.2, 0.25) is 0 Å². The van der Waals surface area contributed by atoms with Crippen molar-refractivity contribution < 1.29 is 14.3 Å². The number of primary amides is 1. The van der Waals surface area contributed by atoms with Gasteiger partial charge in [-0.05, 0) is 111 Å². The van der Waals surface area contributed by atoms with Crippen LogP contribution in [0, 0.1) is 13.8 Å². The molecule has 10 heteroatoms. The molecule has 1 aliphatic rings. The van der Waals surface area contributed by atoms with E-state index in [2.05, 4.69) is 61.0 Å². The van der Waals surface area contributed by atoms with Crippen LogP contribution in [-0.4, -0.2) is 58.4 Å². The lowest BCUT2D eigenvalue weighted by molar-refractivity contribution is 0.0941. The summed E-state index contributed by atoms with van der Waals surface area (Å²) in [6.45, 7) is 9.41. The third-order valence-electron chi connectivity index (χ3n) is 8.34. The van der Waals surface area contributed by atoms with Crippen molar-refractivity contribution in [2.45, 2.75) is 58.7 Å². The standard InChI is InChI=1S/C34H40N6O3S/c1-23(12-16-36-34(42)32-24(2)37-22-38-25(32)3)39-17-13-29(14-18-39)40(20-26-15-19-44-21-26)28-6-10-31(11-7-28)43-30-8-4-27(5-9-30)33(35)41/h4-11,15,19,21-23,29H,12-14,16-18,20H2,1-3H3,(H2,35,41)(H,36,42)/t23-/m1/s1. The topological polar surface area (TPSA) is 114 Å². The second-order valence-corrected chi connectivity index (χ2v) is 12.1. The van der Waals surface area contributed by atoms with E-state index in [9.17, 15) is 9.59 Å². The van der Waals surface area contributed by atoms with Gasteiger partial charge >= 0.3 is 0 Å². The van der Waals surface area contributed by atoms with Crippen molar-refractivity contribution in [3.05, 3.63) is 99.8 Å². The molecule has 4 aromatic rings. The molecule has 5 rings (SSSR count). The van der Waals surface area contributed by atoms with Crippen LogP contribution >= 0.6 is 11.3 Å². The zero-order chi connectivity index (χ0) is 31.1. The SMILES string of the molecule is Cc1ncnc(C)c1C(=O)NCC[C@@H](C)N1CCC(N(Cc2ccsc2)c2ccc(Oc3ccc(C(N)=O)cc3)cc2)CC1. The Hall–Kier alpha value is -4.28. The van der Waals surface area contributed by atoms with Crippen LogP contribution in [0.25, 0.3) is 0 Å². The fraction of sp³-hybridized carbons (Fsp3) is 0.353. The molecule has 0 aliphatic carbocycles. The molecule has 0 bridgehead atoms. The maximum atomic E-state index is 12.7. The number of carbonyl (C=O) groups excluding carboxylic acids is 2. The lowest BCUT2D eigenvalue weighted by Gasteiger charge is -2.42. The fourth-order valence-corrected chi connectivity index (χ4v) is 6.42. The Morgan fingerprint density at radius 3 is 2.25 bits per heavy atom. The van der Waals surface area contributed by atoms with Gasteiger partial charge in [0.2, 0.25) is 5.91 Å². The van der Waals surface area contributed by atoms with E-state index in [0.717, 1.165) is 50.3 Å². The van der Waals surface area contributed by atoms with Crippen molar-refractivity contribution in [3.8, 4) is 11.5 Å². The largest absolute Gasteiger partial charge is 0.457 e. The predicted octanol–water partition coefficient (Wildman–Crippen LogP) is 5.73. The van der Waals surface area contributed by atoms with Crippen LogP contribution in [0.15, 0.2) is 71.7 Å². The third-order valence-corrected chi connectivity index (χ3v) is 9.07. The number of piperidine rings is 1. The Morgan fingerprint density at radius 1 is 1.02 bits per heavy atom. The Bertz CT molecular complexity index is 1510. The van der Waals surface area contributed by atoms with E-state index in [1.165, 1.54) is 11.9 Å². The van der Waals surface area contributed by atoms with E-state index < -0.39 is 5.91 Å². The maximum absolute atomic E-state index is 12.7. The van der Waals surface area contributed by atoms with Gasteiger partial charge in [0, 0.05) is 49.5 Å². The van der Waals surface area contributed by atoms with Crippen molar-refractivity contribution >= 4 is 28.8 Å². The molecule has 230 valence electrons. The van der Waals surface area contributed by atoms with Gasteiger partial charge in [-0.1, -0.05) is 0 Å². The van der Waals surface area contributed by atoms with Crippen LogP contribution < -0.4 is 20.7 Å². The number of amides is 2. The number of benzene rings is 2. The van der Waals surface area contributed by atoms with Crippen LogP contribution in [0.4, 0.5) is 5.69 Å². The summed E-state index contributed by atoms with van der Waals surface area (Å²) in [7, 11) is 0. The quantitative estimate of drug-likeness (QED) is 0.210. The first-order chi connectivity index (χ1) is 21.3. The highest BCUT2D eigenvalue weighted by atomic mass is 32.1. The minimum absolute atomic E-state index is 0.104. The molecule has 2 aromatic heterocycles. The monoisotopic (exact) mass is 612 g/mol. The Balaban J connectivity index is 1.17. The maximum Gasteiger partial charge on any atom is 0.254 e. The molecule has 0 saturated carbocycles. The molecule has 9 nitrogen and oxygen atoms in total. The summed E-state index contributed by atoms with van der Waals surface area (Å²) in [5.74, 6) is 0.823. The summed E-state index contributed by atoms with van der Waals surface area (Å²) in [4.78, 5) is 37.5. The van der Waals surface area contributed by atoms with E-state index in [-0.39, 0.29) is 5.91 Å². The molecule has 2 amide bonds. The van der Waals surface area contributed by atoms with Gasteiger partial charge in [0.25, 0.3) is 5.91 Å². The molecule has 1 atom stereocenters. The second-order valence-electron chi connectivity index (χ2n) is 11.3. The molecule has 44 heavy (non-hydrogen) atoms. The predicted molar refractivity (Wildman–Crippen MR) is 174 cm³/mol. The summed E-state index contributed by atoms with van der Waals surface area (Å²) in [6, 6.07) is 18.0. The number of aromatic nitrogens is 2. The molecule has 1 saturated heterocycles. The van der Waals surface area contributed by atoms with E-state index in [1.807, 2.05) is 26.0 Å². The highest BCUT2D eigenvalue weighted by Crippen LogP contribution is 2.30. The summed E-state index contributed by atoms with van der Waals surface area (Å²) in [5, 5.41) is 7.42. The number of ether oxygens (including phenoxy) is 1. The van der Waals surface area contributed by atoms with Crippen LogP contribution in [0.1, 0.15) is 63.9 Å². The number of nitrogens with zero attached hydrogens (tertiary/aromatic N) is 4. The highest BCUT2D eigenvalue weighted by molar-refractivity contribution is 7.07. The molecule has 0 radical (unpaired) electrons. The average molecular weight is 613 g/mol. The highest BCUT2D eigenvalue weighted by Gasteiger charge is 2.27. The van der Waals surface area contributed by atoms with Gasteiger partial charge in [-0.15, -0.1) is 0 Å². The number of anilines is 1. The Labute approximate surface area is 263 Å². The van der Waals surface area contributed by atoms with Crippen molar-refractivity contribution in [2.75, 3.05) is 24.5 Å². The molecule has 0 unspecified atom stereocenters. The first kappa shape index (κ1) is 31.2. The van der Waals surface area contributed by atoms with Crippen molar-refractivity contribution in [2.24, 2.45) is 5.73 Å². The molecule has 3 heterocycles. The molecular formula is C34H40N6O3S. The molecule has 3 N–H and O–H groups in total. The van der Waals surface area contributed by atoms with Gasteiger partial charge in [0.05, 0.1) is 17.0 Å². The summed E-state index contributed by atoms with van der Waals surface area (Å²) >= 11 is 1.72. The minimum atomic E-state index is -0.458. The minimum Gasteiger partial charge on any atom is -0.457 e. The van der Waals surface area contributed by atoms with E-state index in [1.54, 1.807) is 35.6 Å². The zero-order valence-electron chi connectivity index (χ0n) is 25.5. The average Bonchev–Trinajstić information content (AvgIpc) is 3.54. The van der Waals surface area contributed by atoms with Crippen LogP contribution in [0.5, 0.6) is 11.5 Å². The summed E-state index contributed by atoms with van der Waals surface area (Å²) < 4.78 is 6.02. The van der Waals surface area contributed by atoms with Gasteiger partial charge in [-0.2, -0.15) is 11.3 Å². The summed E-state index contributed by atoms with van der Waals surface area (Å²) in [6.07, 6.45) is 4.50. The lowest BCUT2D eigenvalue weighted by atomic mass is 9.99. The molecule has 2 aromatic carbocycles. The van der Waals surface area contributed by atoms with E-state index in [0.29, 0.717) is 46.9 Å². The normalized spacial score (nSPS) is 14.6. The summed E-state index contributed by atoms with van der Waals surface area (Å²) in [5.41, 5.74) is 10.3. The van der Waals surface area contributed by atoms with Crippen molar-refractivity contribution in [3.63, 3.8) is 0 Å². The molecule has 1 fully saturated rings. The Kier molecular flexibility index (Phi) is 10.2. The van der Waals surface area contributed by atoms with Crippen molar-refractivity contribution in [1.29, 1.82) is 0 Å². The number of hydrogen-bond donors (Lipinski definition) is 2. The van der Waals surface area contributed by atoms with Crippen molar-refractivity contribution in [1.82, 2.24) is 20.2 Å². The van der Waals surface area contributed by atoms with Crippen LogP contribution in [-0.2, 0) is 6.54 Å². The van der Waals surface area contributed by atoms with Gasteiger partial charge in [0.15, 0.2) is 0 Å². The second kappa shape index (κ2) is 14.5. The smallest absolute Gasteiger partial charge is 0.254 e. The number of rotatable bonds is 12. The van der Waals surface area contributed by atoms with E-state index >= 15 is 0 Å². The number of carbonyl (C=O) groups is 2. The molecule has 1 aliphatic heterocycles. The Morgan fingerprint density at radius 2 is 1.66 bits per heavy atom. The first-order valence-electron chi connectivity index (χ1n) is 15.0. The van der Waals surface area contributed by atoms with Gasteiger partial charge in [0.1, 0.15) is 17.8 Å². The van der Waals surface area contributed by atoms with Gasteiger partial charge in [-0.25, -0.2) is 9.97 Å². The lowest BCUT2D eigenvalue weighted by Crippen LogP contribution is -2.48. The zero-order valence-corrected chi connectivity index (χ0v) is 26.3.